The van der Waals surface area contributed by atoms with Gasteiger partial charge >= 0.3 is 11.8 Å². The molecule has 0 unspecified atom stereocenters. The second kappa shape index (κ2) is 10.6. The number of amides is 2. The molecular weight excluding hydrogens is 394 g/mol. The molecule has 0 saturated carbocycles. The lowest BCUT2D eigenvalue weighted by atomic mass is 10.2. The van der Waals surface area contributed by atoms with E-state index in [1.165, 1.54) is 6.21 Å². The van der Waals surface area contributed by atoms with Gasteiger partial charge in [0.15, 0.2) is 11.5 Å². The SMILES string of the molecule is COc1cc(/C=N/NC(=O)C(=O)Nc2cccc(C)c2)ccc1OCc1ccccc1. The van der Waals surface area contributed by atoms with E-state index in [1.54, 1.807) is 43.5 Å². The van der Waals surface area contributed by atoms with Crippen LogP contribution >= 0.6 is 0 Å². The first kappa shape index (κ1) is 21.6. The minimum absolute atomic E-state index is 0.413. The molecule has 0 spiro atoms. The van der Waals surface area contributed by atoms with E-state index in [-0.39, 0.29) is 0 Å². The molecule has 0 heterocycles. The summed E-state index contributed by atoms with van der Waals surface area (Å²) in [4.78, 5) is 23.9. The van der Waals surface area contributed by atoms with Crippen LogP contribution in [0.2, 0.25) is 0 Å². The summed E-state index contributed by atoms with van der Waals surface area (Å²) >= 11 is 0. The molecule has 0 radical (unpaired) electrons. The van der Waals surface area contributed by atoms with E-state index in [4.69, 9.17) is 9.47 Å². The number of ether oxygens (including phenoxy) is 2. The maximum Gasteiger partial charge on any atom is 0.329 e. The average molecular weight is 417 g/mol. The first-order valence-electron chi connectivity index (χ1n) is 9.61. The Hall–Kier alpha value is -4.13. The zero-order chi connectivity index (χ0) is 22.1. The Bertz CT molecular complexity index is 1080. The molecule has 0 atom stereocenters. The number of hydrogen-bond donors (Lipinski definition) is 2. The fraction of sp³-hybridized carbons (Fsp3) is 0.125. The molecule has 3 aromatic carbocycles. The quantitative estimate of drug-likeness (QED) is 0.349. The second-order valence-corrected chi connectivity index (χ2v) is 6.71. The summed E-state index contributed by atoms with van der Waals surface area (Å²) in [5, 5.41) is 6.36. The molecule has 0 saturated heterocycles. The van der Waals surface area contributed by atoms with Crippen LogP contribution < -0.4 is 20.2 Å². The molecule has 0 aliphatic carbocycles. The standard InChI is InChI=1S/C24H23N3O4/c1-17-7-6-10-20(13-17)26-23(28)24(29)27-25-15-19-11-12-21(22(14-19)30-2)31-16-18-8-4-3-5-9-18/h3-15H,16H2,1-2H3,(H,26,28)(H,27,29)/b25-15+. The molecule has 7 nitrogen and oxygen atoms in total. The average Bonchev–Trinajstić information content (AvgIpc) is 2.78. The van der Waals surface area contributed by atoms with Crippen LogP contribution in [0.25, 0.3) is 0 Å². The van der Waals surface area contributed by atoms with Crippen molar-refractivity contribution in [2.24, 2.45) is 5.10 Å². The highest BCUT2D eigenvalue weighted by molar-refractivity contribution is 6.39. The van der Waals surface area contributed by atoms with E-state index in [1.807, 2.05) is 43.3 Å². The van der Waals surface area contributed by atoms with E-state index in [9.17, 15) is 9.59 Å². The molecule has 31 heavy (non-hydrogen) atoms. The van der Waals surface area contributed by atoms with Crippen molar-refractivity contribution in [2.75, 3.05) is 12.4 Å². The summed E-state index contributed by atoms with van der Waals surface area (Å²) in [5.41, 5.74) is 5.44. The topological polar surface area (TPSA) is 89.0 Å². The van der Waals surface area contributed by atoms with Gasteiger partial charge in [-0.1, -0.05) is 42.5 Å². The minimum atomic E-state index is -0.868. The van der Waals surface area contributed by atoms with Crippen molar-refractivity contribution in [1.82, 2.24) is 5.43 Å². The van der Waals surface area contributed by atoms with Crippen molar-refractivity contribution in [1.29, 1.82) is 0 Å². The summed E-state index contributed by atoms with van der Waals surface area (Å²) in [7, 11) is 1.54. The largest absolute Gasteiger partial charge is 0.493 e. The predicted molar refractivity (Wildman–Crippen MR) is 119 cm³/mol. The lowest BCUT2D eigenvalue weighted by molar-refractivity contribution is -0.136. The number of benzene rings is 3. The highest BCUT2D eigenvalue weighted by Crippen LogP contribution is 2.28. The first-order chi connectivity index (χ1) is 15.0. The normalized spacial score (nSPS) is 10.5. The summed E-state index contributed by atoms with van der Waals surface area (Å²) in [6.07, 6.45) is 1.42. The van der Waals surface area contributed by atoms with Crippen LogP contribution in [0.1, 0.15) is 16.7 Å². The summed E-state index contributed by atoms with van der Waals surface area (Å²) < 4.78 is 11.2. The predicted octanol–water partition coefficient (Wildman–Crippen LogP) is 3.67. The first-order valence-corrected chi connectivity index (χ1v) is 9.61. The number of rotatable bonds is 7. The number of carbonyl (C=O) groups excluding carboxylic acids is 2. The molecule has 3 aromatic rings. The third-order valence-corrected chi connectivity index (χ3v) is 4.29. The van der Waals surface area contributed by atoms with Crippen molar-refractivity contribution in [3.05, 3.63) is 89.5 Å². The van der Waals surface area contributed by atoms with Crippen molar-refractivity contribution in [3.63, 3.8) is 0 Å². The molecule has 0 aliphatic heterocycles. The molecule has 0 fully saturated rings. The molecule has 0 aliphatic rings. The van der Waals surface area contributed by atoms with Crippen LogP contribution in [-0.4, -0.2) is 25.1 Å². The van der Waals surface area contributed by atoms with Gasteiger partial charge in [0.1, 0.15) is 6.61 Å². The Labute approximate surface area is 180 Å². The number of nitrogens with zero attached hydrogens (tertiary/aromatic N) is 1. The Morgan fingerprint density at radius 1 is 0.935 bits per heavy atom. The number of carbonyl (C=O) groups is 2. The van der Waals surface area contributed by atoms with Gasteiger partial charge in [-0.3, -0.25) is 9.59 Å². The monoisotopic (exact) mass is 417 g/mol. The van der Waals surface area contributed by atoms with Gasteiger partial charge in [-0.25, -0.2) is 5.43 Å². The van der Waals surface area contributed by atoms with Crippen molar-refractivity contribution in [2.45, 2.75) is 13.5 Å². The Morgan fingerprint density at radius 2 is 1.74 bits per heavy atom. The van der Waals surface area contributed by atoms with Crippen LogP contribution in [0.5, 0.6) is 11.5 Å². The van der Waals surface area contributed by atoms with Gasteiger partial charge in [-0.05, 0) is 53.9 Å². The van der Waals surface area contributed by atoms with Gasteiger partial charge in [0, 0.05) is 5.69 Å². The van der Waals surface area contributed by atoms with E-state index in [2.05, 4.69) is 15.8 Å². The van der Waals surface area contributed by atoms with Crippen molar-refractivity contribution < 1.29 is 19.1 Å². The number of anilines is 1. The molecule has 0 aromatic heterocycles. The third kappa shape index (κ3) is 6.43. The summed E-state index contributed by atoms with van der Waals surface area (Å²) in [6.45, 7) is 2.31. The summed E-state index contributed by atoms with van der Waals surface area (Å²) in [6, 6.07) is 22.2. The molecule has 2 amide bonds. The molecule has 7 heteroatoms. The van der Waals surface area contributed by atoms with Crippen LogP contribution in [0.3, 0.4) is 0 Å². The molecule has 0 bridgehead atoms. The Balaban J connectivity index is 1.56. The smallest absolute Gasteiger partial charge is 0.329 e. The number of nitrogens with one attached hydrogen (secondary N) is 2. The van der Waals surface area contributed by atoms with Crippen molar-refractivity contribution in [3.8, 4) is 11.5 Å². The van der Waals surface area contributed by atoms with Gasteiger partial charge in [-0.15, -0.1) is 0 Å². The Kier molecular flexibility index (Phi) is 7.37. The Morgan fingerprint density at radius 3 is 2.48 bits per heavy atom. The maximum absolute atomic E-state index is 12.0. The van der Waals surface area contributed by atoms with Crippen LogP contribution in [-0.2, 0) is 16.2 Å². The number of hydrogen-bond acceptors (Lipinski definition) is 5. The fourth-order valence-electron chi connectivity index (χ4n) is 2.75. The van der Waals surface area contributed by atoms with Gasteiger partial charge < -0.3 is 14.8 Å². The fourth-order valence-corrected chi connectivity index (χ4v) is 2.75. The van der Waals surface area contributed by atoms with Crippen LogP contribution in [0.15, 0.2) is 77.9 Å². The number of aryl methyl sites for hydroxylation is 1. The molecule has 3 rings (SSSR count). The maximum atomic E-state index is 12.0. The molecule has 2 N–H and O–H groups in total. The second-order valence-electron chi connectivity index (χ2n) is 6.71. The lowest BCUT2D eigenvalue weighted by Gasteiger charge is -2.11. The van der Waals surface area contributed by atoms with Gasteiger partial charge in [0.25, 0.3) is 0 Å². The molecule has 158 valence electrons. The number of hydrazone groups is 1. The third-order valence-electron chi connectivity index (χ3n) is 4.29. The molecular formula is C24H23N3O4. The van der Waals surface area contributed by atoms with E-state index >= 15 is 0 Å². The van der Waals surface area contributed by atoms with Crippen molar-refractivity contribution >= 4 is 23.7 Å². The minimum Gasteiger partial charge on any atom is -0.493 e. The van der Waals surface area contributed by atoms with Gasteiger partial charge in [0.05, 0.1) is 13.3 Å². The van der Waals surface area contributed by atoms with Crippen LogP contribution in [0, 0.1) is 6.92 Å². The highest BCUT2D eigenvalue weighted by atomic mass is 16.5. The van der Waals surface area contributed by atoms with Crippen LogP contribution in [0.4, 0.5) is 5.69 Å². The van der Waals surface area contributed by atoms with Gasteiger partial charge in [0.2, 0.25) is 0 Å². The zero-order valence-electron chi connectivity index (χ0n) is 17.3. The lowest BCUT2D eigenvalue weighted by Crippen LogP contribution is -2.32. The summed E-state index contributed by atoms with van der Waals surface area (Å²) in [5.74, 6) is -0.550. The van der Waals surface area contributed by atoms with E-state index in [0.717, 1.165) is 11.1 Å². The van der Waals surface area contributed by atoms with E-state index < -0.39 is 11.8 Å². The zero-order valence-corrected chi connectivity index (χ0v) is 17.3. The van der Waals surface area contributed by atoms with E-state index in [0.29, 0.717) is 29.4 Å². The highest BCUT2D eigenvalue weighted by Gasteiger charge is 2.13. The number of methoxy groups -OCH3 is 1. The van der Waals surface area contributed by atoms with Gasteiger partial charge in [-0.2, -0.15) is 5.10 Å².